The lowest BCUT2D eigenvalue weighted by Crippen LogP contribution is -1.93. The van der Waals surface area contributed by atoms with Crippen LogP contribution in [0, 0.1) is 0 Å². The highest BCUT2D eigenvalue weighted by molar-refractivity contribution is 8.03. The van der Waals surface area contributed by atoms with E-state index in [-0.39, 0.29) is 0 Å². The lowest BCUT2D eigenvalue weighted by molar-refractivity contribution is 0.776. The summed E-state index contributed by atoms with van der Waals surface area (Å²) in [6.45, 7) is 9.18. The van der Waals surface area contributed by atoms with Crippen LogP contribution in [0.4, 0.5) is 0 Å². The molecule has 0 bridgehead atoms. The summed E-state index contributed by atoms with van der Waals surface area (Å²) < 4.78 is 0. The molecule has 0 saturated carbocycles. The van der Waals surface area contributed by atoms with Crippen molar-refractivity contribution in [3.63, 3.8) is 0 Å². The van der Waals surface area contributed by atoms with Crippen LogP contribution in [-0.2, 0) is 6.42 Å². The zero-order chi connectivity index (χ0) is 19.0. The Labute approximate surface area is 176 Å². The van der Waals surface area contributed by atoms with Crippen molar-refractivity contribution in [3.05, 3.63) is 17.7 Å². The molecule has 1 aromatic rings. The van der Waals surface area contributed by atoms with Crippen LogP contribution in [-0.4, -0.2) is 17.3 Å². The molecule has 1 aromatic carbocycles. The smallest absolute Gasteiger partial charge is 0.0344 e. The fourth-order valence-electron chi connectivity index (χ4n) is 2.79. The number of aryl methyl sites for hydroxylation is 1. The minimum Gasteiger partial charge on any atom is -0.125 e. The average molecular weight is 413 g/mol. The second-order valence-electron chi connectivity index (χ2n) is 6.94. The molecular formula is C23H40S3. The fraction of sp³-hybridized carbons (Fsp3) is 0.739. The summed E-state index contributed by atoms with van der Waals surface area (Å²) in [7, 11) is 0. The van der Waals surface area contributed by atoms with Gasteiger partial charge in [-0.2, -0.15) is 0 Å². The molecule has 0 aromatic heterocycles. The maximum absolute atomic E-state index is 2.48. The normalized spacial score (nSPS) is 11.2. The Morgan fingerprint density at radius 3 is 1.38 bits per heavy atom. The van der Waals surface area contributed by atoms with Gasteiger partial charge in [0.15, 0.2) is 0 Å². The van der Waals surface area contributed by atoms with Crippen LogP contribution >= 0.6 is 35.3 Å². The number of benzene rings is 1. The number of thioether (sulfide) groups is 3. The van der Waals surface area contributed by atoms with E-state index in [1.54, 1.807) is 14.7 Å². The predicted molar refractivity (Wildman–Crippen MR) is 127 cm³/mol. The van der Waals surface area contributed by atoms with E-state index in [2.05, 4.69) is 75.1 Å². The minimum absolute atomic E-state index is 1.14. The largest absolute Gasteiger partial charge is 0.125 e. The van der Waals surface area contributed by atoms with E-state index in [1.165, 1.54) is 80.6 Å². The van der Waals surface area contributed by atoms with E-state index < -0.39 is 0 Å². The van der Waals surface area contributed by atoms with Crippen LogP contribution in [0.1, 0.15) is 91.0 Å². The van der Waals surface area contributed by atoms with Gasteiger partial charge in [0.25, 0.3) is 0 Å². The highest BCUT2D eigenvalue weighted by Gasteiger charge is 2.13. The Kier molecular flexibility index (Phi) is 15.2. The van der Waals surface area contributed by atoms with Gasteiger partial charge in [0, 0.05) is 14.7 Å². The van der Waals surface area contributed by atoms with E-state index >= 15 is 0 Å². The molecule has 0 nitrogen and oxygen atoms in total. The van der Waals surface area contributed by atoms with E-state index in [4.69, 9.17) is 0 Å². The molecule has 0 radical (unpaired) electrons. The fourth-order valence-corrected chi connectivity index (χ4v) is 6.60. The van der Waals surface area contributed by atoms with Gasteiger partial charge in [-0.25, -0.2) is 0 Å². The number of hydrogen-bond donors (Lipinski definition) is 0. The van der Waals surface area contributed by atoms with Crippen molar-refractivity contribution in [2.24, 2.45) is 0 Å². The van der Waals surface area contributed by atoms with Crippen molar-refractivity contribution in [2.45, 2.75) is 107 Å². The molecule has 0 saturated heterocycles. The van der Waals surface area contributed by atoms with Crippen molar-refractivity contribution in [1.82, 2.24) is 0 Å². The highest BCUT2D eigenvalue weighted by atomic mass is 32.2. The third-order valence-corrected chi connectivity index (χ3v) is 8.23. The molecule has 1 rings (SSSR count). The molecular weight excluding hydrogens is 372 g/mol. The Bertz CT molecular complexity index is 438. The van der Waals surface area contributed by atoms with Gasteiger partial charge < -0.3 is 0 Å². The molecule has 0 spiro atoms. The molecule has 0 aliphatic carbocycles. The van der Waals surface area contributed by atoms with Gasteiger partial charge in [0.2, 0.25) is 0 Å². The summed E-state index contributed by atoms with van der Waals surface area (Å²) in [5, 5.41) is 0. The molecule has 0 aliphatic heterocycles. The monoisotopic (exact) mass is 412 g/mol. The van der Waals surface area contributed by atoms with Crippen molar-refractivity contribution in [3.8, 4) is 0 Å². The van der Waals surface area contributed by atoms with Gasteiger partial charge in [-0.05, 0) is 60.6 Å². The third-order valence-electron chi connectivity index (χ3n) is 4.49. The van der Waals surface area contributed by atoms with Crippen LogP contribution < -0.4 is 0 Å². The van der Waals surface area contributed by atoms with Crippen LogP contribution in [0.25, 0.3) is 0 Å². The van der Waals surface area contributed by atoms with Gasteiger partial charge in [-0.15, -0.1) is 35.3 Å². The van der Waals surface area contributed by atoms with Gasteiger partial charge in [0.1, 0.15) is 0 Å². The van der Waals surface area contributed by atoms with Crippen molar-refractivity contribution in [1.29, 1.82) is 0 Å². The van der Waals surface area contributed by atoms with Crippen molar-refractivity contribution >= 4 is 35.3 Å². The van der Waals surface area contributed by atoms with Gasteiger partial charge in [-0.1, -0.05) is 66.2 Å². The molecule has 0 fully saturated rings. The summed E-state index contributed by atoms with van der Waals surface area (Å²) in [6.07, 6.45) is 13.2. The molecule has 0 heterocycles. The summed E-state index contributed by atoms with van der Waals surface area (Å²) >= 11 is 6.33. The molecule has 150 valence electrons. The SMILES string of the molecule is CCCCCSc1cc(CC)cc(SCCCCC)c1SCCCCC. The summed E-state index contributed by atoms with van der Waals surface area (Å²) in [5.41, 5.74) is 1.51. The first kappa shape index (κ1) is 24.3. The zero-order valence-electron chi connectivity index (χ0n) is 17.6. The van der Waals surface area contributed by atoms with E-state index in [0.29, 0.717) is 0 Å². The van der Waals surface area contributed by atoms with Gasteiger partial charge >= 0.3 is 0 Å². The Balaban J connectivity index is 2.88. The molecule has 0 aliphatic rings. The summed E-state index contributed by atoms with van der Waals surface area (Å²) in [4.78, 5) is 4.70. The van der Waals surface area contributed by atoms with Gasteiger partial charge in [-0.3, -0.25) is 0 Å². The quantitative estimate of drug-likeness (QED) is 0.196. The number of hydrogen-bond acceptors (Lipinski definition) is 3. The molecule has 26 heavy (non-hydrogen) atoms. The van der Waals surface area contributed by atoms with Crippen LogP contribution in [0.2, 0.25) is 0 Å². The lowest BCUT2D eigenvalue weighted by atomic mass is 10.2. The number of unbranched alkanes of at least 4 members (excludes halogenated alkanes) is 6. The molecule has 0 unspecified atom stereocenters. The first-order chi connectivity index (χ1) is 12.8. The minimum atomic E-state index is 1.14. The highest BCUT2D eigenvalue weighted by Crippen LogP contribution is 2.41. The maximum atomic E-state index is 2.48. The Morgan fingerprint density at radius 1 is 0.577 bits per heavy atom. The van der Waals surface area contributed by atoms with Crippen molar-refractivity contribution in [2.75, 3.05) is 17.3 Å². The van der Waals surface area contributed by atoms with Crippen LogP contribution in [0.3, 0.4) is 0 Å². The number of rotatable bonds is 16. The summed E-state index contributed by atoms with van der Waals surface area (Å²) in [5.74, 6) is 3.80. The second kappa shape index (κ2) is 16.2. The van der Waals surface area contributed by atoms with E-state index in [1.807, 2.05) is 0 Å². The van der Waals surface area contributed by atoms with Gasteiger partial charge in [0.05, 0.1) is 0 Å². The Hall–Kier alpha value is 0.270. The predicted octanol–water partition coefficient (Wildman–Crippen LogP) is 9.10. The Morgan fingerprint density at radius 2 is 1.00 bits per heavy atom. The zero-order valence-corrected chi connectivity index (χ0v) is 20.0. The molecule has 0 atom stereocenters. The molecule has 0 N–H and O–H groups in total. The lowest BCUT2D eigenvalue weighted by Gasteiger charge is -2.16. The molecule has 0 amide bonds. The standard InChI is InChI=1S/C23H40S3/c1-5-9-12-15-24-21-18-20(8-4)19-22(25-16-13-10-6-2)23(21)26-17-14-11-7-3/h18-19H,5-17H2,1-4H3. The maximum Gasteiger partial charge on any atom is 0.0344 e. The van der Waals surface area contributed by atoms with E-state index in [0.717, 1.165) is 6.42 Å². The second-order valence-corrected chi connectivity index (χ2v) is 10.3. The van der Waals surface area contributed by atoms with Crippen LogP contribution in [0.15, 0.2) is 26.8 Å². The first-order valence-corrected chi connectivity index (χ1v) is 13.8. The third kappa shape index (κ3) is 9.99. The van der Waals surface area contributed by atoms with E-state index in [9.17, 15) is 0 Å². The summed E-state index contributed by atoms with van der Waals surface area (Å²) in [6, 6.07) is 4.96. The average Bonchev–Trinajstić information content (AvgIpc) is 2.66. The van der Waals surface area contributed by atoms with Crippen LogP contribution in [0.5, 0.6) is 0 Å². The topological polar surface area (TPSA) is 0 Å². The first-order valence-electron chi connectivity index (χ1n) is 10.8. The molecule has 3 heteroatoms. The van der Waals surface area contributed by atoms with Crippen molar-refractivity contribution < 1.29 is 0 Å².